The molecule has 1 aliphatic heterocycles. The van der Waals surface area contributed by atoms with Gasteiger partial charge in [0.15, 0.2) is 0 Å². The molecule has 0 aliphatic carbocycles. The summed E-state index contributed by atoms with van der Waals surface area (Å²) in [5.74, 6) is -0.114. The Labute approximate surface area is 183 Å². The molecule has 4 rings (SSSR count). The molecule has 0 radical (unpaired) electrons. The molecule has 1 aliphatic rings. The fourth-order valence-electron chi connectivity index (χ4n) is 3.78. The second-order valence-electron chi connectivity index (χ2n) is 8.17. The van der Waals surface area contributed by atoms with Gasteiger partial charge < -0.3 is 10.1 Å². The van der Waals surface area contributed by atoms with Gasteiger partial charge in [0.2, 0.25) is 0 Å². The summed E-state index contributed by atoms with van der Waals surface area (Å²) in [5.41, 5.74) is 6.80. The topological polar surface area (TPSA) is 59.4 Å². The first-order chi connectivity index (χ1) is 15.0. The molecular formula is C25H30N4O2. The van der Waals surface area contributed by atoms with E-state index in [1.165, 1.54) is 11.1 Å². The van der Waals surface area contributed by atoms with Crippen LogP contribution in [0.1, 0.15) is 27.2 Å². The minimum absolute atomic E-state index is 0.114. The molecule has 0 saturated carbocycles. The molecule has 6 nitrogen and oxygen atoms in total. The highest BCUT2D eigenvalue weighted by Crippen LogP contribution is 2.24. The molecule has 0 bridgehead atoms. The summed E-state index contributed by atoms with van der Waals surface area (Å²) in [4.78, 5) is 15.4. The van der Waals surface area contributed by atoms with Crippen molar-refractivity contribution in [1.82, 2.24) is 20.0 Å². The molecule has 6 heteroatoms. The molecule has 1 saturated heterocycles. The van der Waals surface area contributed by atoms with Crippen LogP contribution in [0.15, 0.2) is 48.5 Å². The largest absolute Gasteiger partial charge is 0.379 e. The zero-order valence-electron chi connectivity index (χ0n) is 18.5. The predicted molar refractivity (Wildman–Crippen MR) is 123 cm³/mol. The second-order valence-corrected chi connectivity index (χ2v) is 8.17. The van der Waals surface area contributed by atoms with Crippen molar-refractivity contribution in [2.75, 3.05) is 39.4 Å². The molecule has 2 heterocycles. The molecule has 0 unspecified atom stereocenters. The van der Waals surface area contributed by atoms with Crippen molar-refractivity contribution in [3.8, 4) is 16.9 Å². The standard InChI is InChI=1S/C25H30N4O2/c1-18-5-4-6-22(15-18)29-24(25(30)26-9-10-28-11-13-31-14-12-28)17-23(27-29)21-8-7-19(2)20(3)16-21/h4-8,15-17H,9-14H2,1-3H3,(H,26,30). The van der Waals surface area contributed by atoms with Gasteiger partial charge in [-0.15, -0.1) is 0 Å². The third kappa shape index (κ3) is 5.03. The number of morpholine rings is 1. The van der Waals surface area contributed by atoms with Gasteiger partial charge in [-0.2, -0.15) is 5.10 Å². The fraction of sp³-hybridized carbons (Fsp3) is 0.360. The molecule has 1 N–H and O–H groups in total. The van der Waals surface area contributed by atoms with Crippen molar-refractivity contribution in [3.63, 3.8) is 0 Å². The Morgan fingerprint density at radius 2 is 1.84 bits per heavy atom. The number of aromatic nitrogens is 2. The van der Waals surface area contributed by atoms with Crippen LogP contribution in [-0.4, -0.2) is 60.0 Å². The smallest absolute Gasteiger partial charge is 0.270 e. The summed E-state index contributed by atoms with van der Waals surface area (Å²) in [6.07, 6.45) is 0. The van der Waals surface area contributed by atoms with Crippen LogP contribution in [0.25, 0.3) is 16.9 Å². The van der Waals surface area contributed by atoms with Crippen molar-refractivity contribution in [3.05, 3.63) is 70.9 Å². The van der Waals surface area contributed by atoms with Crippen LogP contribution in [0.2, 0.25) is 0 Å². The number of aryl methyl sites for hydroxylation is 3. The van der Waals surface area contributed by atoms with Crippen molar-refractivity contribution in [2.24, 2.45) is 0 Å². The average Bonchev–Trinajstić information content (AvgIpc) is 3.22. The number of carbonyl (C=O) groups is 1. The molecule has 3 aromatic rings. The number of amides is 1. The molecule has 1 fully saturated rings. The summed E-state index contributed by atoms with van der Waals surface area (Å²) in [7, 11) is 0. The van der Waals surface area contributed by atoms with Crippen molar-refractivity contribution >= 4 is 5.91 Å². The maximum Gasteiger partial charge on any atom is 0.270 e. The van der Waals surface area contributed by atoms with Crippen LogP contribution in [0, 0.1) is 20.8 Å². The maximum absolute atomic E-state index is 13.1. The summed E-state index contributed by atoms with van der Waals surface area (Å²) in [6.45, 7) is 11.0. The van der Waals surface area contributed by atoms with Gasteiger partial charge in [0.05, 0.1) is 24.6 Å². The Kier molecular flexibility index (Phi) is 6.49. The molecule has 0 atom stereocenters. The zero-order valence-corrected chi connectivity index (χ0v) is 18.5. The van der Waals surface area contributed by atoms with Crippen molar-refractivity contribution in [2.45, 2.75) is 20.8 Å². The van der Waals surface area contributed by atoms with E-state index >= 15 is 0 Å². The Balaban J connectivity index is 1.60. The number of rotatable bonds is 6. The van der Waals surface area contributed by atoms with E-state index in [1.54, 1.807) is 4.68 Å². The van der Waals surface area contributed by atoms with Crippen LogP contribution >= 0.6 is 0 Å². The summed E-state index contributed by atoms with van der Waals surface area (Å²) < 4.78 is 7.14. The maximum atomic E-state index is 13.1. The number of hydrogen-bond donors (Lipinski definition) is 1. The molecule has 0 spiro atoms. The van der Waals surface area contributed by atoms with Gasteiger partial charge in [-0.3, -0.25) is 9.69 Å². The molecule has 1 amide bonds. The minimum Gasteiger partial charge on any atom is -0.379 e. The monoisotopic (exact) mass is 418 g/mol. The molecule has 162 valence electrons. The number of benzene rings is 2. The zero-order chi connectivity index (χ0) is 21.8. The number of nitrogens with one attached hydrogen (secondary N) is 1. The summed E-state index contributed by atoms with van der Waals surface area (Å²) >= 11 is 0. The quantitative estimate of drug-likeness (QED) is 0.665. The Hall–Kier alpha value is -2.96. The van der Waals surface area contributed by atoms with Crippen LogP contribution < -0.4 is 5.32 Å². The van der Waals surface area contributed by atoms with Crippen LogP contribution in [0.5, 0.6) is 0 Å². The lowest BCUT2D eigenvalue weighted by Gasteiger charge is -2.26. The normalized spacial score (nSPS) is 14.5. The van der Waals surface area contributed by atoms with Gasteiger partial charge >= 0.3 is 0 Å². The van der Waals surface area contributed by atoms with Gasteiger partial charge in [0.1, 0.15) is 5.69 Å². The SMILES string of the molecule is Cc1cccc(-n2nc(-c3ccc(C)c(C)c3)cc2C(=O)NCCN2CCOCC2)c1. The highest BCUT2D eigenvalue weighted by Gasteiger charge is 2.18. The van der Waals surface area contributed by atoms with Crippen LogP contribution in [0.3, 0.4) is 0 Å². The first-order valence-electron chi connectivity index (χ1n) is 10.8. The number of carbonyl (C=O) groups excluding carboxylic acids is 1. The van der Waals surface area contributed by atoms with E-state index < -0.39 is 0 Å². The first kappa shape index (κ1) is 21.3. The third-order valence-corrected chi connectivity index (χ3v) is 5.81. The number of nitrogens with zero attached hydrogens (tertiary/aromatic N) is 3. The average molecular weight is 419 g/mol. The van der Waals surface area contributed by atoms with E-state index in [4.69, 9.17) is 9.84 Å². The highest BCUT2D eigenvalue weighted by atomic mass is 16.5. The van der Waals surface area contributed by atoms with Gasteiger partial charge in [-0.25, -0.2) is 4.68 Å². The van der Waals surface area contributed by atoms with Crippen molar-refractivity contribution < 1.29 is 9.53 Å². The highest BCUT2D eigenvalue weighted by molar-refractivity contribution is 5.94. The lowest BCUT2D eigenvalue weighted by atomic mass is 10.0. The van der Waals surface area contributed by atoms with E-state index in [1.807, 2.05) is 37.3 Å². The third-order valence-electron chi connectivity index (χ3n) is 5.81. The molecule has 1 aromatic heterocycles. The number of ether oxygens (including phenoxy) is 1. The van der Waals surface area contributed by atoms with Crippen LogP contribution in [-0.2, 0) is 4.74 Å². The predicted octanol–water partition coefficient (Wildman–Crippen LogP) is 3.53. The summed E-state index contributed by atoms with van der Waals surface area (Å²) in [6, 6.07) is 16.2. The Morgan fingerprint density at radius 1 is 1.03 bits per heavy atom. The lowest BCUT2D eigenvalue weighted by Crippen LogP contribution is -2.41. The molecule has 31 heavy (non-hydrogen) atoms. The fourth-order valence-corrected chi connectivity index (χ4v) is 3.78. The molecule has 2 aromatic carbocycles. The van der Waals surface area contributed by atoms with E-state index in [0.29, 0.717) is 12.2 Å². The van der Waals surface area contributed by atoms with Gasteiger partial charge in [0.25, 0.3) is 5.91 Å². The minimum atomic E-state index is -0.114. The van der Waals surface area contributed by atoms with E-state index in [-0.39, 0.29) is 5.91 Å². The Morgan fingerprint density at radius 3 is 2.58 bits per heavy atom. The van der Waals surface area contributed by atoms with Gasteiger partial charge in [0, 0.05) is 31.7 Å². The Bertz CT molecular complexity index is 1070. The van der Waals surface area contributed by atoms with E-state index in [0.717, 1.165) is 55.4 Å². The lowest BCUT2D eigenvalue weighted by molar-refractivity contribution is 0.0383. The second kappa shape index (κ2) is 9.45. The number of hydrogen-bond acceptors (Lipinski definition) is 4. The van der Waals surface area contributed by atoms with E-state index in [9.17, 15) is 4.79 Å². The van der Waals surface area contributed by atoms with Gasteiger partial charge in [-0.05, 0) is 61.7 Å². The summed E-state index contributed by atoms with van der Waals surface area (Å²) in [5, 5.41) is 7.88. The van der Waals surface area contributed by atoms with Crippen LogP contribution in [0.4, 0.5) is 0 Å². The van der Waals surface area contributed by atoms with E-state index in [2.05, 4.69) is 42.3 Å². The van der Waals surface area contributed by atoms with Gasteiger partial charge in [-0.1, -0.05) is 24.3 Å². The van der Waals surface area contributed by atoms with Crippen molar-refractivity contribution in [1.29, 1.82) is 0 Å². The first-order valence-corrected chi connectivity index (χ1v) is 10.8. The molecular weight excluding hydrogens is 388 g/mol.